The zero-order chi connectivity index (χ0) is 17.8. The molecule has 0 bridgehead atoms. The number of aromatic nitrogens is 2. The van der Waals surface area contributed by atoms with Crippen LogP contribution in [0.4, 0.5) is 5.13 Å². The second kappa shape index (κ2) is 7.82. The first-order chi connectivity index (χ1) is 12.0. The van der Waals surface area contributed by atoms with E-state index in [0.29, 0.717) is 25.9 Å². The number of benzene rings is 2. The summed E-state index contributed by atoms with van der Waals surface area (Å²) < 4.78 is 5.45. The van der Waals surface area contributed by atoms with Crippen LogP contribution in [0.2, 0.25) is 10.0 Å². The van der Waals surface area contributed by atoms with Crippen molar-refractivity contribution in [3.05, 3.63) is 58.1 Å². The highest BCUT2D eigenvalue weighted by molar-refractivity contribution is 7.18. The van der Waals surface area contributed by atoms with Crippen LogP contribution in [-0.2, 0) is 4.79 Å². The number of nitrogens with one attached hydrogen (secondary N) is 1. The van der Waals surface area contributed by atoms with Crippen LogP contribution >= 0.6 is 34.5 Å². The Morgan fingerprint density at radius 3 is 2.64 bits per heavy atom. The molecule has 0 aliphatic heterocycles. The number of hydrogen-bond donors (Lipinski definition) is 1. The Balaban J connectivity index is 1.58. The SMILES string of the molecule is Cc1cc(OCC(=O)Nc2nnc(-c3ccc(Cl)cc3)s2)ccc1Cl. The molecule has 1 aromatic heterocycles. The van der Waals surface area contributed by atoms with Crippen LogP contribution in [0.15, 0.2) is 42.5 Å². The number of hydrogen-bond acceptors (Lipinski definition) is 5. The number of nitrogens with zero attached hydrogens (tertiary/aromatic N) is 2. The number of aryl methyl sites for hydroxylation is 1. The standard InChI is InChI=1S/C17H13Cl2N3O2S/c1-10-8-13(6-7-14(10)19)24-9-15(23)20-17-22-21-16(25-17)11-2-4-12(18)5-3-11/h2-8H,9H2,1H3,(H,20,22,23). The fourth-order valence-corrected chi connectivity index (χ4v) is 3.00. The molecule has 0 aliphatic rings. The summed E-state index contributed by atoms with van der Waals surface area (Å²) in [6, 6.07) is 12.5. The van der Waals surface area contributed by atoms with Crippen molar-refractivity contribution in [2.24, 2.45) is 0 Å². The molecule has 0 unspecified atom stereocenters. The lowest BCUT2D eigenvalue weighted by Gasteiger charge is -2.07. The van der Waals surface area contributed by atoms with Crippen molar-refractivity contribution >= 4 is 45.6 Å². The van der Waals surface area contributed by atoms with E-state index in [1.165, 1.54) is 11.3 Å². The van der Waals surface area contributed by atoms with E-state index in [2.05, 4.69) is 15.5 Å². The first-order valence-corrected chi connectivity index (χ1v) is 8.87. The molecule has 128 valence electrons. The molecule has 0 aliphatic carbocycles. The summed E-state index contributed by atoms with van der Waals surface area (Å²) in [6.07, 6.45) is 0. The smallest absolute Gasteiger partial charge is 0.264 e. The Morgan fingerprint density at radius 1 is 1.16 bits per heavy atom. The van der Waals surface area contributed by atoms with E-state index < -0.39 is 0 Å². The van der Waals surface area contributed by atoms with Crippen LogP contribution in [-0.4, -0.2) is 22.7 Å². The van der Waals surface area contributed by atoms with Gasteiger partial charge >= 0.3 is 0 Å². The molecule has 0 saturated heterocycles. The lowest BCUT2D eigenvalue weighted by Crippen LogP contribution is -2.20. The summed E-state index contributed by atoms with van der Waals surface area (Å²) in [5.74, 6) is 0.266. The molecular weight excluding hydrogens is 381 g/mol. The summed E-state index contributed by atoms with van der Waals surface area (Å²) in [5, 5.41) is 13.1. The number of carbonyl (C=O) groups excluding carboxylic acids is 1. The molecule has 2 aromatic carbocycles. The van der Waals surface area contributed by atoms with Crippen LogP contribution in [0.5, 0.6) is 5.75 Å². The molecule has 0 spiro atoms. The predicted molar refractivity (Wildman–Crippen MR) is 101 cm³/mol. The Morgan fingerprint density at radius 2 is 1.92 bits per heavy atom. The molecular formula is C17H13Cl2N3O2S. The molecule has 8 heteroatoms. The van der Waals surface area contributed by atoms with Gasteiger partial charge < -0.3 is 4.74 Å². The van der Waals surface area contributed by atoms with Gasteiger partial charge in [0.05, 0.1) is 0 Å². The number of halogens is 2. The minimum atomic E-state index is -0.314. The minimum Gasteiger partial charge on any atom is -0.484 e. The molecule has 0 fully saturated rings. The van der Waals surface area contributed by atoms with Gasteiger partial charge in [-0.15, -0.1) is 10.2 Å². The Bertz CT molecular complexity index is 897. The van der Waals surface area contributed by atoms with E-state index in [0.717, 1.165) is 11.1 Å². The van der Waals surface area contributed by atoms with Gasteiger partial charge in [0.25, 0.3) is 5.91 Å². The monoisotopic (exact) mass is 393 g/mol. The zero-order valence-electron chi connectivity index (χ0n) is 13.1. The van der Waals surface area contributed by atoms with Gasteiger partial charge in [0.2, 0.25) is 5.13 Å². The average molecular weight is 394 g/mol. The van der Waals surface area contributed by atoms with Crippen LogP contribution in [0, 0.1) is 6.92 Å². The number of ether oxygens (including phenoxy) is 1. The number of carbonyl (C=O) groups is 1. The van der Waals surface area contributed by atoms with E-state index in [9.17, 15) is 4.79 Å². The molecule has 1 heterocycles. The van der Waals surface area contributed by atoms with E-state index in [4.69, 9.17) is 27.9 Å². The van der Waals surface area contributed by atoms with Gasteiger partial charge in [0.15, 0.2) is 6.61 Å². The topological polar surface area (TPSA) is 64.1 Å². The number of amides is 1. The third-order valence-electron chi connectivity index (χ3n) is 3.26. The average Bonchev–Trinajstić information content (AvgIpc) is 3.05. The zero-order valence-corrected chi connectivity index (χ0v) is 15.5. The maximum absolute atomic E-state index is 12.0. The van der Waals surface area contributed by atoms with Crippen LogP contribution in [0.1, 0.15) is 5.56 Å². The highest BCUT2D eigenvalue weighted by Crippen LogP contribution is 2.27. The van der Waals surface area contributed by atoms with Gasteiger partial charge in [-0.3, -0.25) is 10.1 Å². The third-order valence-corrected chi connectivity index (χ3v) is 4.83. The molecule has 1 amide bonds. The minimum absolute atomic E-state index is 0.128. The molecule has 0 saturated carbocycles. The largest absolute Gasteiger partial charge is 0.484 e. The molecule has 1 N–H and O–H groups in total. The first kappa shape index (κ1) is 17.7. The molecule has 3 rings (SSSR count). The quantitative estimate of drug-likeness (QED) is 0.673. The van der Waals surface area contributed by atoms with Crippen LogP contribution < -0.4 is 10.1 Å². The number of anilines is 1. The van der Waals surface area contributed by atoms with Crippen LogP contribution in [0.3, 0.4) is 0 Å². The van der Waals surface area contributed by atoms with E-state index in [-0.39, 0.29) is 12.5 Å². The Hall–Kier alpha value is -2.15. The van der Waals surface area contributed by atoms with Gasteiger partial charge in [-0.05, 0) is 42.8 Å². The summed E-state index contributed by atoms with van der Waals surface area (Å²) >= 11 is 13.1. The van der Waals surface area contributed by atoms with Gasteiger partial charge in [0.1, 0.15) is 10.8 Å². The molecule has 0 atom stereocenters. The van der Waals surface area contributed by atoms with E-state index in [1.54, 1.807) is 30.3 Å². The predicted octanol–water partition coefficient (Wildman–Crippen LogP) is 4.84. The van der Waals surface area contributed by atoms with Gasteiger partial charge in [-0.25, -0.2) is 0 Å². The fourth-order valence-electron chi connectivity index (χ4n) is 1.99. The van der Waals surface area contributed by atoms with Crippen molar-refractivity contribution in [2.45, 2.75) is 6.92 Å². The number of rotatable bonds is 5. The summed E-state index contributed by atoms with van der Waals surface area (Å²) in [4.78, 5) is 12.0. The molecule has 3 aromatic rings. The summed E-state index contributed by atoms with van der Waals surface area (Å²) in [6.45, 7) is 1.74. The van der Waals surface area contributed by atoms with Crippen LogP contribution in [0.25, 0.3) is 10.6 Å². The van der Waals surface area contributed by atoms with E-state index in [1.807, 2.05) is 19.1 Å². The fraction of sp³-hybridized carbons (Fsp3) is 0.118. The highest BCUT2D eigenvalue weighted by Gasteiger charge is 2.10. The summed E-state index contributed by atoms with van der Waals surface area (Å²) in [7, 11) is 0. The van der Waals surface area contributed by atoms with E-state index >= 15 is 0 Å². The van der Waals surface area contributed by atoms with Crippen molar-refractivity contribution in [3.63, 3.8) is 0 Å². The Labute approximate surface area is 158 Å². The third kappa shape index (κ3) is 4.69. The van der Waals surface area contributed by atoms with Gasteiger partial charge in [-0.2, -0.15) is 0 Å². The maximum Gasteiger partial charge on any atom is 0.264 e. The molecule has 0 radical (unpaired) electrons. The molecule has 5 nitrogen and oxygen atoms in total. The van der Waals surface area contributed by atoms with Crippen molar-refractivity contribution in [1.29, 1.82) is 0 Å². The van der Waals surface area contributed by atoms with Crippen molar-refractivity contribution in [1.82, 2.24) is 10.2 Å². The van der Waals surface area contributed by atoms with Crippen molar-refractivity contribution < 1.29 is 9.53 Å². The lowest BCUT2D eigenvalue weighted by atomic mass is 10.2. The highest BCUT2D eigenvalue weighted by atomic mass is 35.5. The van der Waals surface area contributed by atoms with Gasteiger partial charge in [0, 0.05) is 15.6 Å². The maximum atomic E-state index is 12.0. The van der Waals surface area contributed by atoms with Gasteiger partial charge in [-0.1, -0.05) is 46.7 Å². The van der Waals surface area contributed by atoms with Crippen molar-refractivity contribution in [2.75, 3.05) is 11.9 Å². The lowest BCUT2D eigenvalue weighted by molar-refractivity contribution is -0.118. The second-order valence-corrected chi connectivity index (χ2v) is 6.99. The first-order valence-electron chi connectivity index (χ1n) is 7.29. The Kier molecular flexibility index (Phi) is 5.53. The second-order valence-electron chi connectivity index (χ2n) is 5.17. The van der Waals surface area contributed by atoms with Crippen molar-refractivity contribution in [3.8, 4) is 16.3 Å². The normalized spacial score (nSPS) is 10.5. The summed E-state index contributed by atoms with van der Waals surface area (Å²) in [5.41, 5.74) is 1.77. The molecule has 25 heavy (non-hydrogen) atoms.